The highest BCUT2D eigenvalue weighted by Gasteiger charge is 2.15. The lowest BCUT2D eigenvalue weighted by atomic mass is 10.1. The second-order valence-electron chi connectivity index (χ2n) is 6.89. The van der Waals surface area contributed by atoms with E-state index in [1.54, 1.807) is 24.3 Å². The average molecular weight is 448 g/mol. The van der Waals surface area contributed by atoms with Gasteiger partial charge >= 0.3 is 0 Å². The van der Waals surface area contributed by atoms with Crippen LogP contribution in [0.1, 0.15) is 16.7 Å². The lowest BCUT2D eigenvalue weighted by Crippen LogP contribution is -2.13. The van der Waals surface area contributed by atoms with Crippen LogP contribution in [0, 0.1) is 28.4 Å². The van der Waals surface area contributed by atoms with Crippen LogP contribution in [0.25, 0.3) is 6.08 Å². The van der Waals surface area contributed by atoms with Crippen molar-refractivity contribution in [3.8, 4) is 11.8 Å². The van der Waals surface area contributed by atoms with Crippen molar-refractivity contribution in [2.45, 2.75) is 13.5 Å². The van der Waals surface area contributed by atoms with Crippen molar-refractivity contribution in [3.05, 3.63) is 104 Å². The number of aryl methyl sites for hydroxylation is 1. The van der Waals surface area contributed by atoms with E-state index < -0.39 is 10.8 Å². The van der Waals surface area contributed by atoms with E-state index in [4.69, 9.17) is 16.3 Å². The summed E-state index contributed by atoms with van der Waals surface area (Å²) < 4.78 is 5.80. The van der Waals surface area contributed by atoms with Crippen molar-refractivity contribution in [1.82, 2.24) is 0 Å². The number of nitro groups is 1. The molecule has 3 aromatic rings. The Labute approximate surface area is 189 Å². The third-order valence-electron chi connectivity index (χ3n) is 4.46. The zero-order valence-electron chi connectivity index (χ0n) is 17.0. The number of anilines is 1. The summed E-state index contributed by atoms with van der Waals surface area (Å²) in [6.07, 6.45) is 1.42. The van der Waals surface area contributed by atoms with Crippen molar-refractivity contribution in [2.24, 2.45) is 0 Å². The van der Waals surface area contributed by atoms with E-state index in [1.165, 1.54) is 18.2 Å². The number of halogens is 1. The Morgan fingerprint density at radius 3 is 2.62 bits per heavy atom. The predicted octanol–water partition coefficient (Wildman–Crippen LogP) is 5.68. The SMILES string of the molecule is Cc1ccc(COc2cccc(/C=C(\C#N)C(=O)Nc3ccc(Cl)c([N+](=O)[O-])c3)c2)cc1. The van der Waals surface area contributed by atoms with Crippen LogP contribution in [0.5, 0.6) is 5.75 Å². The Balaban J connectivity index is 1.73. The highest BCUT2D eigenvalue weighted by Crippen LogP contribution is 2.27. The second-order valence-corrected chi connectivity index (χ2v) is 7.30. The largest absolute Gasteiger partial charge is 0.489 e. The molecule has 0 saturated carbocycles. The summed E-state index contributed by atoms with van der Waals surface area (Å²) in [5.74, 6) is -0.111. The van der Waals surface area contributed by atoms with Crippen LogP contribution in [-0.2, 0) is 11.4 Å². The molecule has 1 amide bonds. The quantitative estimate of drug-likeness (QED) is 0.217. The number of nitriles is 1. The van der Waals surface area contributed by atoms with E-state index in [0.717, 1.165) is 17.2 Å². The Kier molecular flexibility index (Phi) is 7.21. The van der Waals surface area contributed by atoms with Gasteiger partial charge in [0.15, 0.2) is 0 Å². The van der Waals surface area contributed by atoms with Crippen LogP contribution in [0.3, 0.4) is 0 Å². The molecule has 0 aliphatic carbocycles. The van der Waals surface area contributed by atoms with E-state index in [0.29, 0.717) is 17.9 Å². The minimum atomic E-state index is -0.699. The van der Waals surface area contributed by atoms with Crippen molar-refractivity contribution in [1.29, 1.82) is 5.26 Å². The van der Waals surface area contributed by atoms with Gasteiger partial charge in [-0.2, -0.15) is 5.26 Å². The Morgan fingerprint density at radius 1 is 1.19 bits per heavy atom. The Morgan fingerprint density at radius 2 is 1.94 bits per heavy atom. The number of hydrogen-bond acceptors (Lipinski definition) is 5. The minimum absolute atomic E-state index is 0.0495. The molecular formula is C24H18ClN3O4. The Hall–Kier alpha value is -4.15. The molecular weight excluding hydrogens is 430 g/mol. The van der Waals surface area contributed by atoms with Gasteiger partial charge in [0, 0.05) is 11.8 Å². The van der Waals surface area contributed by atoms with Gasteiger partial charge in [0.1, 0.15) is 29.0 Å². The zero-order chi connectivity index (χ0) is 23.1. The Bertz CT molecular complexity index is 1230. The third kappa shape index (κ3) is 5.94. The first-order valence-electron chi connectivity index (χ1n) is 9.51. The summed E-state index contributed by atoms with van der Waals surface area (Å²) in [6.45, 7) is 2.39. The van der Waals surface area contributed by atoms with Gasteiger partial charge in [-0.05, 0) is 48.4 Å². The van der Waals surface area contributed by atoms with Gasteiger partial charge in [0.25, 0.3) is 11.6 Å². The fraction of sp³-hybridized carbons (Fsp3) is 0.0833. The molecule has 1 N–H and O–H groups in total. The molecule has 0 radical (unpaired) electrons. The van der Waals surface area contributed by atoms with Crippen LogP contribution in [-0.4, -0.2) is 10.8 Å². The van der Waals surface area contributed by atoms with Gasteiger partial charge in [-0.3, -0.25) is 14.9 Å². The van der Waals surface area contributed by atoms with Gasteiger partial charge in [-0.15, -0.1) is 0 Å². The normalized spacial score (nSPS) is 10.8. The van der Waals surface area contributed by atoms with E-state index in [2.05, 4.69) is 5.32 Å². The summed E-state index contributed by atoms with van der Waals surface area (Å²) >= 11 is 5.78. The number of nitrogens with zero attached hydrogens (tertiary/aromatic N) is 2. The molecule has 0 unspecified atom stereocenters. The molecule has 0 bridgehead atoms. The molecule has 0 spiro atoms. The minimum Gasteiger partial charge on any atom is -0.489 e. The molecule has 3 aromatic carbocycles. The van der Waals surface area contributed by atoms with E-state index in [9.17, 15) is 20.2 Å². The zero-order valence-corrected chi connectivity index (χ0v) is 17.8. The number of nitrogens with one attached hydrogen (secondary N) is 1. The maximum atomic E-state index is 12.5. The first-order valence-corrected chi connectivity index (χ1v) is 9.89. The van der Waals surface area contributed by atoms with Crippen LogP contribution >= 0.6 is 11.6 Å². The molecule has 7 nitrogen and oxygen atoms in total. The first kappa shape index (κ1) is 22.5. The number of carbonyl (C=O) groups excluding carboxylic acids is 1. The number of ether oxygens (including phenoxy) is 1. The third-order valence-corrected chi connectivity index (χ3v) is 4.78. The molecule has 0 atom stereocenters. The van der Waals surface area contributed by atoms with Crippen LogP contribution in [0.2, 0.25) is 5.02 Å². The first-order chi connectivity index (χ1) is 15.4. The van der Waals surface area contributed by atoms with Crippen molar-refractivity contribution >= 4 is 35.0 Å². The second kappa shape index (κ2) is 10.2. The number of amides is 1. The van der Waals surface area contributed by atoms with Crippen molar-refractivity contribution in [3.63, 3.8) is 0 Å². The molecule has 0 fully saturated rings. The molecule has 0 aromatic heterocycles. The molecule has 3 rings (SSSR count). The van der Waals surface area contributed by atoms with Gasteiger partial charge in [-0.25, -0.2) is 0 Å². The van der Waals surface area contributed by atoms with Gasteiger partial charge in [0.2, 0.25) is 0 Å². The fourth-order valence-corrected chi connectivity index (χ4v) is 2.98. The average Bonchev–Trinajstić information content (AvgIpc) is 2.78. The molecule has 0 aliphatic rings. The van der Waals surface area contributed by atoms with Gasteiger partial charge in [0.05, 0.1) is 4.92 Å². The summed E-state index contributed by atoms with van der Waals surface area (Å²) in [4.78, 5) is 22.9. The molecule has 160 valence electrons. The summed E-state index contributed by atoms with van der Waals surface area (Å²) in [7, 11) is 0. The van der Waals surface area contributed by atoms with Crippen LogP contribution < -0.4 is 10.1 Å². The predicted molar refractivity (Wildman–Crippen MR) is 122 cm³/mol. The molecule has 0 heterocycles. The van der Waals surface area contributed by atoms with E-state index in [1.807, 2.05) is 37.3 Å². The van der Waals surface area contributed by atoms with Crippen molar-refractivity contribution < 1.29 is 14.5 Å². The number of hydrogen-bond donors (Lipinski definition) is 1. The topological polar surface area (TPSA) is 105 Å². The summed E-state index contributed by atoms with van der Waals surface area (Å²) in [5.41, 5.74) is 2.42. The highest BCUT2D eigenvalue weighted by atomic mass is 35.5. The van der Waals surface area contributed by atoms with Gasteiger partial charge in [-0.1, -0.05) is 53.6 Å². The molecule has 0 saturated heterocycles. The molecule has 0 aliphatic heterocycles. The molecule has 8 heteroatoms. The maximum Gasteiger partial charge on any atom is 0.289 e. The number of carbonyl (C=O) groups is 1. The van der Waals surface area contributed by atoms with Gasteiger partial charge < -0.3 is 10.1 Å². The maximum absolute atomic E-state index is 12.5. The van der Waals surface area contributed by atoms with E-state index >= 15 is 0 Å². The number of rotatable bonds is 7. The fourth-order valence-electron chi connectivity index (χ4n) is 2.79. The standard InChI is InChI=1S/C24H18ClN3O4/c1-16-5-7-17(8-6-16)15-32-21-4-2-3-18(12-21)11-19(14-26)24(29)27-20-9-10-22(25)23(13-20)28(30)31/h2-13H,15H2,1H3,(H,27,29)/b19-11+. The highest BCUT2D eigenvalue weighted by molar-refractivity contribution is 6.32. The van der Waals surface area contributed by atoms with Crippen molar-refractivity contribution in [2.75, 3.05) is 5.32 Å². The van der Waals surface area contributed by atoms with Crippen LogP contribution in [0.4, 0.5) is 11.4 Å². The lowest BCUT2D eigenvalue weighted by Gasteiger charge is -2.08. The number of benzene rings is 3. The van der Waals surface area contributed by atoms with E-state index in [-0.39, 0.29) is 22.0 Å². The molecule has 32 heavy (non-hydrogen) atoms. The number of nitro benzene ring substituents is 1. The summed E-state index contributed by atoms with van der Waals surface area (Å²) in [5, 5.41) is 22.9. The smallest absolute Gasteiger partial charge is 0.289 e. The lowest BCUT2D eigenvalue weighted by molar-refractivity contribution is -0.384. The summed E-state index contributed by atoms with van der Waals surface area (Å²) in [6, 6.07) is 20.7. The monoisotopic (exact) mass is 447 g/mol. The van der Waals surface area contributed by atoms with Crippen LogP contribution in [0.15, 0.2) is 72.3 Å².